The summed E-state index contributed by atoms with van der Waals surface area (Å²) in [5.41, 5.74) is 6.33. The molecule has 0 radical (unpaired) electrons. The molecule has 2 nitrogen and oxygen atoms in total. The second-order valence-electron chi connectivity index (χ2n) is 9.94. The maximum absolute atomic E-state index is 14.1. The first-order valence-corrected chi connectivity index (χ1v) is 12.7. The molecular weight excluding hydrogens is 414 g/mol. The van der Waals surface area contributed by atoms with Crippen molar-refractivity contribution in [1.29, 1.82) is 0 Å². The molecule has 0 spiro atoms. The molecule has 2 aliphatic carbocycles. The summed E-state index contributed by atoms with van der Waals surface area (Å²) in [6, 6.07) is 31.9. The first kappa shape index (κ1) is 21.2. The smallest absolute Gasteiger partial charge is 0.228 e. The molecule has 0 aromatic heterocycles. The third-order valence-corrected chi connectivity index (χ3v) is 7.95. The molecule has 2 heteroatoms. The summed E-state index contributed by atoms with van der Waals surface area (Å²) in [5.74, 6) is 0.452. The van der Waals surface area contributed by atoms with E-state index in [1.54, 1.807) is 0 Å². The molecule has 170 valence electrons. The Morgan fingerprint density at radius 2 is 1.35 bits per heavy atom. The molecule has 34 heavy (non-hydrogen) atoms. The summed E-state index contributed by atoms with van der Waals surface area (Å²) in [6.45, 7) is 0. The zero-order valence-electron chi connectivity index (χ0n) is 19.5. The van der Waals surface area contributed by atoms with Crippen LogP contribution in [0.15, 0.2) is 91.0 Å². The van der Waals surface area contributed by atoms with Crippen molar-refractivity contribution in [2.75, 3.05) is 0 Å². The molecule has 0 heterocycles. The van der Waals surface area contributed by atoms with E-state index in [1.165, 1.54) is 40.3 Å². The van der Waals surface area contributed by atoms with Gasteiger partial charge in [-0.2, -0.15) is 0 Å². The van der Waals surface area contributed by atoms with Gasteiger partial charge in [0.1, 0.15) is 0 Å². The van der Waals surface area contributed by atoms with Gasteiger partial charge in [0.25, 0.3) is 0 Å². The van der Waals surface area contributed by atoms with E-state index < -0.39 is 0 Å². The van der Waals surface area contributed by atoms with E-state index in [4.69, 9.17) is 0 Å². The van der Waals surface area contributed by atoms with Crippen LogP contribution in [0.3, 0.4) is 0 Å². The Balaban J connectivity index is 1.43. The molecule has 0 aliphatic heterocycles. The maximum Gasteiger partial charge on any atom is 0.228 e. The molecular formula is C32H31NO. The lowest BCUT2D eigenvalue weighted by Crippen LogP contribution is -2.36. The van der Waals surface area contributed by atoms with Crippen LogP contribution < -0.4 is 5.32 Å². The summed E-state index contributed by atoms with van der Waals surface area (Å²) >= 11 is 0. The second-order valence-corrected chi connectivity index (χ2v) is 9.94. The summed E-state index contributed by atoms with van der Waals surface area (Å²) in [7, 11) is 0. The summed E-state index contributed by atoms with van der Waals surface area (Å²) in [4.78, 5) is 14.1. The highest BCUT2D eigenvalue weighted by Gasteiger charge is 2.34. The third kappa shape index (κ3) is 3.81. The van der Waals surface area contributed by atoms with Crippen LogP contribution >= 0.6 is 0 Å². The van der Waals surface area contributed by atoms with Gasteiger partial charge in [-0.25, -0.2) is 0 Å². The minimum atomic E-state index is -0.175. The van der Waals surface area contributed by atoms with Gasteiger partial charge in [-0.15, -0.1) is 0 Å². The fourth-order valence-corrected chi connectivity index (χ4v) is 6.33. The zero-order valence-corrected chi connectivity index (χ0v) is 19.5. The van der Waals surface area contributed by atoms with Crippen molar-refractivity contribution < 1.29 is 4.79 Å². The minimum absolute atomic E-state index is 0.105. The lowest BCUT2D eigenvalue weighted by atomic mass is 9.83. The number of benzene rings is 4. The van der Waals surface area contributed by atoms with Gasteiger partial charge in [0.15, 0.2) is 0 Å². The number of rotatable bonds is 6. The average molecular weight is 446 g/mol. The molecule has 1 saturated carbocycles. The Hall–Kier alpha value is -3.39. The summed E-state index contributed by atoms with van der Waals surface area (Å²) in [5, 5.41) is 6.21. The average Bonchev–Trinajstić information content (AvgIpc) is 3.56. The Bertz CT molecular complexity index is 1290. The van der Waals surface area contributed by atoms with Crippen LogP contribution in [-0.2, 0) is 17.6 Å². The summed E-state index contributed by atoms with van der Waals surface area (Å²) in [6.07, 6.45) is 6.91. The predicted molar refractivity (Wildman–Crippen MR) is 139 cm³/mol. The van der Waals surface area contributed by atoms with Crippen LogP contribution in [-0.4, -0.2) is 5.91 Å². The van der Waals surface area contributed by atoms with Crippen LogP contribution in [0, 0.1) is 5.92 Å². The molecule has 1 fully saturated rings. The zero-order chi connectivity index (χ0) is 22.9. The highest BCUT2D eigenvalue weighted by molar-refractivity contribution is 5.94. The van der Waals surface area contributed by atoms with Crippen LogP contribution in [0.25, 0.3) is 10.8 Å². The monoisotopic (exact) mass is 445 g/mol. The van der Waals surface area contributed by atoms with E-state index in [1.807, 2.05) is 12.1 Å². The van der Waals surface area contributed by atoms with E-state index in [2.05, 4.69) is 84.2 Å². The Kier molecular flexibility index (Phi) is 5.66. The number of hydrogen-bond acceptors (Lipinski definition) is 1. The number of nitrogens with one attached hydrogen (secondary N) is 1. The Morgan fingerprint density at radius 3 is 2.06 bits per heavy atom. The minimum Gasteiger partial charge on any atom is -0.345 e. The molecule has 6 rings (SSSR count). The molecule has 2 aliphatic rings. The van der Waals surface area contributed by atoms with Crippen LogP contribution in [0.1, 0.15) is 65.5 Å². The molecule has 2 atom stereocenters. The standard InChI is InChI=1S/C32H31NO/c34-32(30(23-12-7-8-13-23)22-10-3-1-4-11-22)33-31(26-14-5-2-6-15-26)28-21-20-25-19-18-24-16-9-17-27(28)29(24)25/h1-6,9-11,14-17,20-21,23,30-31H,7-8,12-13,18-19H2,(H,33,34)/t30-,31+/m1/s1. The van der Waals surface area contributed by atoms with E-state index >= 15 is 0 Å². The van der Waals surface area contributed by atoms with E-state index in [-0.39, 0.29) is 17.9 Å². The lowest BCUT2D eigenvalue weighted by Gasteiger charge is -2.28. The van der Waals surface area contributed by atoms with Gasteiger partial charge in [0.05, 0.1) is 12.0 Å². The van der Waals surface area contributed by atoms with Crippen molar-refractivity contribution >= 4 is 16.7 Å². The third-order valence-electron chi connectivity index (χ3n) is 7.95. The van der Waals surface area contributed by atoms with Gasteiger partial charge in [-0.05, 0) is 70.2 Å². The number of amides is 1. The van der Waals surface area contributed by atoms with Gasteiger partial charge in [-0.3, -0.25) is 4.79 Å². The van der Waals surface area contributed by atoms with E-state index in [0.29, 0.717) is 5.92 Å². The van der Waals surface area contributed by atoms with Gasteiger partial charge in [0, 0.05) is 0 Å². The molecule has 0 unspecified atom stereocenters. The van der Waals surface area contributed by atoms with Gasteiger partial charge in [-0.1, -0.05) is 104 Å². The molecule has 0 bridgehead atoms. The maximum atomic E-state index is 14.1. The van der Waals surface area contributed by atoms with Crippen molar-refractivity contribution in [3.05, 3.63) is 119 Å². The van der Waals surface area contributed by atoms with Crippen molar-refractivity contribution in [1.82, 2.24) is 5.32 Å². The lowest BCUT2D eigenvalue weighted by molar-refractivity contribution is -0.124. The number of aryl methyl sites for hydroxylation is 2. The van der Waals surface area contributed by atoms with E-state index in [9.17, 15) is 4.79 Å². The van der Waals surface area contributed by atoms with E-state index in [0.717, 1.165) is 36.8 Å². The second kappa shape index (κ2) is 9.10. The number of carbonyl (C=O) groups excluding carboxylic acids is 1. The van der Waals surface area contributed by atoms with Gasteiger partial charge >= 0.3 is 0 Å². The Morgan fingerprint density at radius 1 is 0.706 bits per heavy atom. The molecule has 0 saturated heterocycles. The summed E-state index contributed by atoms with van der Waals surface area (Å²) < 4.78 is 0. The molecule has 4 aromatic rings. The quantitative estimate of drug-likeness (QED) is 0.336. The van der Waals surface area contributed by atoms with Crippen molar-refractivity contribution in [2.24, 2.45) is 5.92 Å². The van der Waals surface area contributed by atoms with Crippen LogP contribution in [0.2, 0.25) is 0 Å². The highest BCUT2D eigenvalue weighted by Crippen LogP contribution is 2.40. The highest BCUT2D eigenvalue weighted by atomic mass is 16.2. The number of carbonyl (C=O) groups is 1. The Labute approximate surface area is 202 Å². The molecule has 4 aromatic carbocycles. The largest absolute Gasteiger partial charge is 0.345 e. The topological polar surface area (TPSA) is 29.1 Å². The molecule has 1 N–H and O–H groups in total. The van der Waals surface area contributed by atoms with Crippen LogP contribution in [0.4, 0.5) is 0 Å². The fourth-order valence-electron chi connectivity index (χ4n) is 6.33. The predicted octanol–water partition coefficient (Wildman–Crippen LogP) is 7.12. The molecule has 1 amide bonds. The fraction of sp³-hybridized carbons (Fsp3) is 0.281. The normalized spacial score (nSPS) is 17.1. The van der Waals surface area contributed by atoms with Crippen molar-refractivity contribution in [2.45, 2.75) is 50.5 Å². The van der Waals surface area contributed by atoms with Gasteiger partial charge in [0.2, 0.25) is 5.91 Å². The number of hydrogen-bond donors (Lipinski definition) is 1. The SMILES string of the molecule is O=C(N[C@@H](c1ccccc1)c1ccc2c3c(cccc13)CC2)[C@H](c1ccccc1)C1CCCC1. The van der Waals surface area contributed by atoms with Crippen molar-refractivity contribution in [3.63, 3.8) is 0 Å². The first-order chi connectivity index (χ1) is 16.8. The first-order valence-electron chi connectivity index (χ1n) is 12.7. The van der Waals surface area contributed by atoms with Gasteiger partial charge < -0.3 is 5.32 Å². The van der Waals surface area contributed by atoms with Crippen molar-refractivity contribution in [3.8, 4) is 0 Å². The van der Waals surface area contributed by atoms with Crippen LogP contribution in [0.5, 0.6) is 0 Å².